The third-order valence-electron chi connectivity index (χ3n) is 2.80. The average molecular weight is 269 g/mol. The van der Waals surface area contributed by atoms with Crippen LogP contribution in [0, 0.1) is 5.92 Å². The van der Waals surface area contributed by atoms with Gasteiger partial charge in [0.1, 0.15) is 0 Å². The SMILES string of the molecule is O=C(O)CC1CN(C(=O)Nc2ccc(Cl)cc2)C1. The molecule has 0 unspecified atom stereocenters. The van der Waals surface area contributed by atoms with Crippen LogP contribution < -0.4 is 5.32 Å². The van der Waals surface area contributed by atoms with Crippen LogP contribution in [0.3, 0.4) is 0 Å². The number of urea groups is 1. The lowest BCUT2D eigenvalue weighted by Gasteiger charge is -2.38. The Labute approximate surface area is 109 Å². The van der Waals surface area contributed by atoms with E-state index in [0.29, 0.717) is 23.8 Å². The maximum atomic E-state index is 11.7. The van der Waals surface area contributed by atoms with Crippen LogP contribution in [0.15, 0.2) is 24.3 Å². The fourth-order valence-corrected chi connectivity index (χ4v) is 1.97. The molecule has 1 heterocycles. The molecular formula is C12H13ClN2O3. The van der Waals surface area contributed by atoms with E-state index in [0.717, 1.165) is 0 Å². The molecule has 1 aromatic rings. The van der Waals surface area contributed by atoms with E-state index in [2.05, 4.69) is 5.32 Å². The van der Waals surface area contributed by atoms with Crippen LogP contribution in [0.5, 0.6) is 0 Å². The second-order valence-corrected chi connectivity index (χ2v) is 4.74. The molecule has 0 saturated carbocycles. The molecule has 18 heavy (non-hydrogen) atoms. The van der Waals surface area contributed by atoms with E-state index < -0.39 is 5.97 Å². The molecule has 0 radical (unpaired) electrons. The highest BCUT2D eigenvalue weighted by atomic mass is 35.5. The Morgan fingerprint density at radius 1 is 1.33 bits per heavy atom. The molecular weight excluding hydrogens is 256 g/mol. The number of benzene rings is 1. The van der Waals surface area contributed by atoms with Gasteiger partial charge in [-0.15, -0.1) is 0 Å². The van der Waals surface area contributed by atoms with Crippen LogP contribution in [0.4, 0.5) is 10.5 Å². The minimum absolute atomic E-state index is 0.0680. The first-order chi connectivity index (χ1) is 8.54. The molecule has 96 valence electrons. The second kappa shape index (κ2) is 5.27. The summed E-state index contributed by atoms with van der Waals surface area (Å²) < 4.78 is 0. The summed E-state index contributed by atoms with van der Waals surface area (Å²) in [6.45, 7) is 0.984. The lowest BCUT2D eigenvalue weighted by atomic mass is 9.97. The van der Waals surface area contributed by atoms with E-state index in [1.807, 2.05) is 0 Å². The molecule has 1 fully saturated rings. The first-order valence-electron chi connectivity index (χ1n) is 5.58. The number of hydrogen-bond acceptors (Lipinski definition) is 2. The molecule has 6 heteroatoms. The largest absolute Gasteiger partial charge is 0.481 e. The molecule has 0 aromatic heterocycles. The second-order valence-electron chi connectivity index (χ2n) is 4.31. The highest BCUT2D eigenvalue weighted by molar-refractivity contribution is 6.30. The van der Waals surface area contributed by atoms with Gasteiger partial charge in [0.05, 0.1) is 6.42 Å². The number of rotatable bonds is 3. The highest BCUT2D eigenvalue weighted by Gasteiger charge is 2.31. The number of nitrogens with zero attached hydrogens (tertiary/aromatic N) is 1. The minimum atomic E-state index is -0.822. The van der Waals surface area contributed by atoms with Gasteiger partial charge in [-0.1, -0.05) is 11.6 Å². The van der Waals surface area contributed by atoms with Gasteiger partial charge in [0.25, 0.3) is 0 Å². The molecule has 1 saturated heterocycles. The van der Waals surface area contributed by atoms with Crippen LogP contribution in [-0.4, -0.2) is 35.1 Å². The third kappa shape index (κ3) is 3.13. The van der Waals surface area contributed by atoms with Crippen LogP contribution >= 0.6 is 11.6 Å². The smallest absolute Gasteiger partial charge is 0.321 e. The number of anilines is 1. The van der Waals surface area contributed by atoms with Gasteiger partial charge < -0.3 is 15.3 Å². The van der Waals surface area contributed by atoms with Gasteiger partial charge in [0, 0.05) is 29.7 Å². The molecule has 2 amide bonds. The van der Waals surface area contributed by atoms with Gasteiger partial charge in [0.2, 0.25) is 0 Å². The van der Waals surface area contributed by atoms with E-state index in [1.165, 1.54) is 0 Å². The van der Waals surface area contributed by atoms with Gasteiger partial charge in [-0.25, -0.2) is 4.79 Å². The number of carboxylic acid groups (broad SMARTS) is 1. The zero-order valence-electron chi connectivity index (χ0n) is 9.60. The standard InChI is InChI=1S/C12H13ClN2O3/c13-9-1-3-10(4-2-9)14-12(18)15-6-8(7-15)5-11(16)17/h1-4,8H,5-7H2,(H,14,18)(H,16,17). The molecule has 5 nitrogen and oxygen atoms in total. The van der Waals surface area contributed by atoms with Crippen LogP contribution in [0.1, 0.15) is 6.42 Å². The molecule has 0 bridgehead atoms. The van der Waals surface area contributed by atoms with Crippen LogP contribution in [-0.2, 0) is 4.79 Å². The van der Waals surface area contributed by atoms with E-state index in [1.54, 1.807) is 29.2 Å². The van der Waals surface area contributed by atoms with E-state index in [9.17, 15) is 9.59 Å². The Bertz CT molecular complexity index is 455. The maximum Gasteiger partial charge on any atom is 0.321 e. The zero-order chi connectivity index (χ0) is 13.1. The topological polar surface area (TPSA) is 69.6 Å². The first-order valence-corrected chi connectivity index (χ1v) is 5.95. The van der Waals surface area contributed by atoms with E-state index >= 15 is 0 Å². The normalized spacial score (nSPS) is 15.1. The first kappa shape index (κ1) is 12.7. The van der Waals surface area contributed by atoms with Crippen LogP contribution in [0.2, 0.25) is 5.02 Å². The summed E-state index contributed by atoms with van der Waals surface area (Å²) >= 11 is 5.74. The predicted molar refractivity (Wildman–Crippen MR) is 67.8 cm³/mol. The van der Waals surface area contributed by atoms with Crippen molar-refractivity contribution in [3.63, 3.8) is 0 Å². The van der Waals surface area contributed by atoms with Crippen molar-refractivity contribution in [1.82, 2.24) is 4.90 Å². The number of hydrogen-bond donors (Lipinski definition) is 2. The van der Waals surface area contributed by atoms with Crippen LogP contribution in [0.25, 0.3) is 0 Å². The fraction of sp³-hybridized carbons (Fsp3) is 0.333. The summed E-state index contributed by atoms with van der Waals surface area (Å²) in [5.74, 6) is -0.753. The fourth-order valence-electron chi connectivity index (χ4n) is 1.85. The predicted octanol–water partition coefficient (Wildman–Crippen LogP) is 2.28. The molecule has 1 aromatic carbocycles. The van der Waals surface area contributed by atoms with Gasteiger partial charge in [-0.05, 0) is 24.3 Å². The number of carbonyl (C=O) groups is 2. The quantitative estimate of drug-likeness (QED) is 0.884. The number of carbonyl (C=O) groups excluding carboxylic acids is 1. The lowest BCUT2D eigenvalue weighted by molar-refractivity contribution is -0.139. The number of carboxylic acids is 1. The molecule has 2 N–H and O–H groups in total. The van der Waals surface area contributed by atoms with Gasteiger partial charge in [-0.2, -0.15) is 0 Å². The summed E-state index contributed by atoms with van der Waals surface area (Å²) in [5.41, 5.74) is 0.672. The lowest BCUT2D eigenvalue weighted by Crippen LogP contribution is -2.52. The van der Waals surface area contributed by atoms with Gasteiger partial charge in [-0.3, -0.25) is 4.79 Å². The van der Waals surface area contributed by atoms with Crippen molar-refractivity contribution < 1.29 is 14.7 Å². The van der Waals surface area contributed by atoms with Gasteiger partial charge >= 0.3 is 12.0 Å². The van der Waals surface area contributed by atoms with Crippen molar-refractivity contribution in [2.75, 3.05) is 18.4 Å². The molecule has 0 aliphatic carbocycles. The molecule has 0 spiro atoms. The molecule has 0 atom stereocenters. The summed E-state index contributed by atoms with van der Waals surface area (Å²) in [5, 5.41) is 11.9. The number of aliphatic carboxylic acids is 1. The van der Waals surface area contributed by atoms with Crippen molar-refractivity contribution in [3.05, 3.63) is 29.3 Å². The molecule has 1 aliphatic rings. The summed E-state index contributed by atoms with van der Waals surface area (Å²) in [4.78, 5) is 23.8. The van der Waals surface area contributed by atoms with Gasteiger partial charge in [0.15, 0.2) is 0 Å². The Morgan fingerprint density at radius 3 is 2.50 bits per heavy atom. The maximum absolute atomic E-state index is 11.7. The monoisotopic (exact) mass is 268 g/mol. The number of likely N-dealkylation sites (tertiary alicyclic amines) is 1. The minimum Gasteiger partial charge on any atom is -0.481 e. The van der Waals surface area contributed by atoms with Crippen molar-refractivity contribution in [1.29, 1.82) is 0 Å². The number of halogens is 1. The Balaban J connectivity index is 1.80. The summed E-state index contributed by atoms with van der Waals surface area (Å²) in [7, 11) is 0. The third-order valence-corrected chi connectivity index (χ3v) is 3.06. The molecule has 2 rings (SSSR count). The average Bonchev–Trinajstić information content (AvgIpc) is 2.25. The Kier molecular flexibility index (Phi) is 3.72. The van der Waals surface area contributed by atoms with E-state index in [-0.39, 0.29) is 18.4 Å². The molecule has 1 aliphatic heterocycles. The van der Waals surface area contributed by atoms with Crippen molar-refractivity contribution in [2.45, 2.75) is 6.42 Å². The Hall–Kier alpha value is -1.75. The summed E-state index contributed by atoms with van der Waals surface area (Å²) in [6.07, 6.45) is 0.116. The Morgan fingerprint density at radius 2 is 1.94 bits per heavy atom. The summed E-state index contributed by atoms with van der Waals surface area (Å²) in [6, 6.07) is 6.61. The van der Waals surface area contributed by atoms with Crippen molar-refractivity contribution in [3.8, 4) is 0 Å². The highest BCUT2D eigenvalue weighted by Crippen LogP contribution is 2.20. The number of amides is 2. The number of nitrogens with one attached hydrogen (secondary N) is 1. The van der Waals surface area contributed by atoms with Crippen molar-refractivity contribution >= 4 is 29.3 Å². The van der Waals surface area contributed by atoms with E-state index in [4.69, 9.17) is 16.7 Å². The zero-order valence-corrected chi connectivity index (χ0v) is 10.4. The van der Waals surface area contributed by atoms with Crippen molar-refractivity contribution in [2.24, 2.45) is 5.92 Å².